The van der Waals surface area contributed by atoms with Crippen LogP contribution in [0.5, 0.6) is 0 Å². The number of rotatable bonds is 3. The van der Waals surface area contributed by atoms with E-state index in [0.29, 0.717) is 0 Å². The number of H-pyrrole nitrogens is 1. The van der Waals surface area contributed by atoms with Crippen LogP contribution in [0, 0.1) is 0 Å². The van der Waals surface area contributed by atoms with Crippen LogP contribution in [-0.4, -0.2) is 16.5 Å². The number of hydrogen-bond donors (Lipinski definition) is 2. The minimum Gasteiger partial charge on any atom is -0.345 e. The largest absolute Gasteiger partial charge is 0.345 e. The van der Waals surface area contributed by atoms with Crippen LogP contribution in [0.3, 0.4) is 0 Å². The maximum Gasteiger partial charge on any atom is 0.137 e. The SMILES string of the molecule is NCC1(c2ccc(-c3ncc[nH]3)cc2)CCCCC1. The summed E-state index contributed by atoms with van der Waals surface area (Å²) in [5, 5.41) is 0. The molecule has 0 unspecified atom stereocenters. The summed E-state index contributed by atoms with van der Waals surface area (Å²) in [6, 6.07) is 8.77. The molecule has 1 aliphatic carbocycles. The first-order chi connectivity index (χ1) is 9.34. The number of aromatic amines is 1. The minimum atomic E-state index is 0.208. The van der Waals surface area contributed by atoms with Gasteiger partial charge in [-0.2, -0.15) is 0 Å². The van der Waals surface area contributed by atoms with Gasteiger partial charge in [0.15, 0.2) is 0 Å². The number of imidazole rings is 1. The Bertz CT molecular complexity index is 507. The number of nitrogens with two attached hydrogens (primary N) is 1. The van der Waals surface area contributed by atoms with Gasteiger partial charge in [0.2, 0.25) is 0 Å². The molecule has 1 aromatic carbocycles. The summed E-state index contributed by atoms with van der Waals surface area (Å²) in [6.07, 6.45) is 10.0. The van der Waals surface area contributed by atoms with E-state index in [1.807, 2.05) is 6.20 Å². The average molecular weight is 255 g/mol. The molecule has 0 aliphatic heterocycles. The van der Waals surface area contributed by atoms with E-state index in [9.17, 15) is 0 Å². The summed E-state index contributed by atoms with van der Waals surface area (Å²) < 4.78 is 0. The van der Waals surface area contributed by atoms with E-state index in [2.05, 4.69) is 34.2 Å². The molecular weight excluding hydrogens is 234 g/mol. The molecular formula is C16H21N3. The standard InChI is InChI=1S/C16H21N3/c17-12-16(8-2-1-3-9-16)14-6-4-13(5-7-14)15-18-10-11-19-15/h4-7,10-11H,1-3,8-9,12,17H2,(H,18,19). The summed E-state index contributed by atoms with van der Waals surface area (Å²) in [5.74, 6) is 0.928. The van der Waals surface area contributed by atoms with Crippen LogP contribution in [0.15, 0.2) is 36.7 Å². The molecule has 2 aromatic rings. The molecule has 3 heteroatoms. The Labute approximate surface area is 114 Å². The first-order valence-electron chi connectivity index (χ1n) is 7.14. The molecule has 3 nitrogen and oxygen atoms in total. The third-order valence-electron chi connectivity index (χ3n) is 4.47. The molecule has 0 amide bonds. The molecule has 0 saturated heterocycles. The molecule has 3 N–H and O–H groups in total. The third-order valence-corrected chi connectivity index (χ3v) is 4.47. The highest BCUT2D eigenvalue weighted by Crippen LogP contribution is 2.38. The monoisotopic (exact) mass is 255 g/mol. The van der Waals surface area contributed by atoms with Crippen molar-refractivity contribution in [3.05, 3.63) is 42.2 Å². The predicted octanol–water partition coefficient (Wildman–Crippen LogP) is 3.24. The van der Waals surface area contributed by atoms with Crippen LogP contribution in [0.2, 0.25) is 0 Å². The summed E-state index contributed by atoms with van der Waals surface area (Å²) in [5.41, 5.74) is 8.82. The van der Waals surface area contributed by atoms with Gasteiger partial charge in [0.25, 0.3) is 0 Å². The van der Waals surface area contributed by atoms with E-state index >= 15 is 0 Å². The Hall–Kier alpha value is -1.61. The van der Waals surface area contributed by atoms with Crippen LogP contribution in [0.1, 0.15) is 37.7 Å². The minimum absolute atomic E-state index is 0.208. The normalized spacial score (nSPS) is 18.4. The fourth-order valence-electron chi connectivity index (χ4n) is 3.24. The maximum absolute atomic E-state index is 6.08. The third kappa shape index (κ3) is 2.30. The van der Waals surface area contributed by atoms with E-state index in [4.69, 9.17) is 5.73 Å². The van der Waals surface area contributed by atoms with E-state index in [-0.39, 0.29) is 5.41 Å². The van der Waals surface area contributed by atoms with Gasteiger partial charge in [0, 0.05) is 29.9 Å². The number of benzene rings is 1. The van der Waals surface area contributed by atoms with Gasteiger partial charge in [-0.25, -0.2) is 4.98 Å². The lowest BCUT2D eigenvalue weighted by molar-refractivity contribution is 0.301. The van der Waals surface area contributed by atoms with Crippen molar-refractivity contribution in [2.24, 2.45) is 5.73 Å². The number of nitrogens with one attached hydrogen (secondary N) is 1. The Morgan fingerprint density at radius 1 is 1.11 bits per heavy atom. The molecule has 1 aliphatic rings. The quantitative estimate of drug-likeness (QED) is 0.884. The lowest BCUT2D eigenvalue weighted by Gasteiger charge is -2.36. The lowest BCUT2D eigenvalue weighted by Crippen LogP contribution is -2.37. The fourth-order valence-corrected chi connectivity index (χ4v) is 3.24. The van der Waals surface area contributed by atoms with Gasteiger partial charge >= 0.3 is 0 Å². The van der Waals surface area contributed by atoms with Crippen LogP contribution in [0.4, 0.5) is 0 Å². The number of nitrogens with zero attached hydrogens (tertiary/aromatic N) is 1. The molecule has 1 heterocycles. The van der Waals surface area contributed by atoms with E-state index < -0.39 is 0 Å². The van der Waals surface area contributed by atoms with Gasteiger partial charge < -0.3 is 10.7 Å². The molecule has 0 atom stereocenters. The van der Waals surface area contributed by atoms with Crippen molar-refractivity contribution in [3.63, 3.8) is 0 Å². The average Bonchev–Trinajstić information content (AvgIpc) is 3.02. The van der Waals surface area contributed by atoms with Crippen LogP contribution in [0.25, 0.3) is 11.4 Å². The zero-order valence-electron chi connectivity index (χ0n) is 11.2. The second-order valence-electron chi connectivity index (χ2n) is 5.56. The molecule has 0 spiro atoms. The second-order valence-corrected chi connectivity index (χ2v) is 5.56. The fraction of sp³-hybridized carbons (Fsp3) is 0.438. The highest BCUT2D eigenvalue weighted by molar-refractivity contribution is 5.55. The van der Waals surface area contributed by atoms with Gasteiger partial charge in [0.05, 0.1) is 0 Å². The summed E-state index contributed by atoms with van der Waals surface area (Å²) in [6.45, 7) is 0.757. The molecule has 0 bridgehead atoms. The van der Waals surface area contributed by atoms with Crippen LogP contribution < -0.4 is 5.73 Å². The number of aromatic nitrogens is 2. The van der Waals surface area contributed by atoms with Crippen molar-refractivity contribution in [2.75, 3.05) is 6.54 Å². The van der Waals surface area contributed by atoms with E-state index in [1.54, 1.807) is 6.20 Å². The predicted molar refractivity (Wildman–Crippen MR) is 77.8 cm³/mol. The first-order valence-corrected chi connectivity index (χ1v) is 7.14. The summed E-state index contributed by atoms with van der Waals surface area (Å²) in [4.78, 5) is 7.43. The Morgan fingerprint density at radius 2 is 1.84 bits per heavy atom. The van der Waals surface area contributed by atoms with E-state index in [0.717, 1.165) is 17.9 Å². The highest BCUT2D eigenvalue weighted by atomic mass is 14.9. The van der Waals surface area contributed by atoms with Crippen molar-refractivity contribution >= 4 is 0 Å². The van der Waals surface area contributed by atoms with Crippen molar-refractivity contribution in [2.45, 2.75) is 37.5 Å². The van der Waals surface area contributed by atoms with E-state index in [1.165, 1.54) is 37.7 Å². The van der Waals surface area contributed by atoms with Crippen LogP contribution in [-0.2, 0) is 5.41 Å². The van der Waals surface area contributed by atoms with Gasteiger partial charge in [-0.15, -0.1) is 0 Å². The van der Waals surface area contributed by atoms with Gasteiger partial charge in [-0.05, 0) is 18.4 Å². The van der Waals surface area contributed by atoms with Gasteiger partial charge in [-0.3, -0.25) is 0 Å². The Kier molecular flexibility index (Phi) is 3.38. The Balaban J connectivity index is 1.89. The highest BCUT2D eigenvalue weighted by Gasteiger charge is 2.32. The maximum atomic E-state index is 6.08. The summed E-state index contributed by atoms with van der Waals surface area (Å²) in [7, 11) is 0. The second kappa shape index (κ2) is 5.17. The summed E-state index contributed by atoms with van der Waals surface area (Å²) >= 11 is 0. The molecule has 1 aromatic heterocycles. The smallest absolute Gasteiger partial charge is 0.137 e. The molecule has 1 saturated carbocycles. The van der Waals surface area contributed by atoms with Gasteiger partial charge in [0.1, 0.15) is 5.82 Å². The zero-order chi connectivity index (χ0) is 13.1. The van der Waals surface area contributed by atoms with Crippen molar-refractivity contribution in [3.8, 4) is 11.4 Å². The molecule has 0 radical (unpaired) electrons. The first kappa shape index (κ1) is 12.4. The van der Waals surface area contributed by atoms with Crippen molar-refractivity contribution in [1.82, 2.24) is 9.97 Å². The molecule has 19 heavy (non-hydrogen) atoms. The Morgan fingerprint density at radius 3 is 2.42 bits per heavy atom. The van der Waals surface area contributed by atoms with Crippen molar-refractivity contribution in [1.29, 1.82) is 0 Å². The zero-order valence-corrected chi connectivity index (χ0v) is 11.2. The van der Waals surface area contributed by atoms with Crippen LogP contribution >= 0.6 is 0 Å². The van der Waals surface area contributed by atoms with Crippen molar-refractivity contribution < 1.29 is 0 Å². The van der Waals surface area contributed by atoms with Gasteiger partial charge in [-0.1, -0.05) is 43.5 Å². The molecule has 3 rings (SSSR count). The number of hydrogen-bond acceptors (Lipinski definition) is 2. The topological polar surface area (TPSA) is 54.7 Å². The lowest BCUT2D eigenvalue weighted by atomic mass is 9.69. The molecule has 1 fully saturated rings. The molecule has 100 valence electrons.